The first-order valence-corrected chi connectivity index (χ1v) is 6.83. The maximum Gasteiger partial charge on any atom is 0.137 e. The van der Waals surface area contributed by atoms with Gasteiger partial charge in [-0.3, -0.25) is 0 Å². The summed E-state index contributed by atoms with van der Waals surface area (Å²) in [6.45, 7) is 3.00. The van der Waals surface area contributed by atoms with Crippen molar-refractivity contribution in [3.05, 3.63) is 58.1 Å². The van der Waals surface area contributed by atoms with Gasteiger partial charge in [-0.25, -0.2) is 4.39 Å². The van der Waals surface area contributed by atoms with Crippen LogP contribution in [0.1, 0.15) is 30.6 Å². The van der Waals surface area contributed by atoms with E-state index in [0.29, 0.717) is 4.47 Å². The Morgan fingerprint density at radius 3 is 2.83 bits per heavy atom. The van der Waals surface area contributed by atoms with E-state index in [-0.39, 0.29) is 11.9 Å². The normalized spacial score (nSPS) is 12.6. The van der Waals surface area contributed by atoms with Gasteiger partial charge in [0.2, 0.25) is 0 Å². The first-order valence-electron chi connectivity index (χ1n) is 6.04. The van der Waals surface area contributed by atoms with Crippen LogP contribution in [0.3, 0.4) is 0 Å². The Bertz CT molecular complexity index is 497. The van der Waals surface area contributed by atoms with Crippen LogP contribution in [-0.4, -0.2) is 11.5 Å². The van der Waals surface area contributed by atoms with E-state index < -0.39 is 0 Å². The standard InChI is InChI=1S/C14H16BrFN2/c1-2-7-18-14(13-4-3-8-17-13)10-5-6-11(15)12(16)9-10/h3-6,8-9,14,17-18H,2,7H2,1H3. The van der Waals surface area contributed by atoms with Crippen LogP contribution in [0, 0.1) is 5.82 Å². The van der Waals surface area contributed by atoms with Crippen LogP contribution >= 0.6 is 15.9 Å². The molecule has 2 N–H and O–H groups in total. The molecule has 0 aliphatic heterocycles. The van der Waals surface area contributed by atoms with E-state index in [1.54, 1.807) is 12.1 Å². The van der Waals surface area contributed by atoms with E-state index in [2.05, 4.69) is 33.2 Å². The largest absolute Gasteiger partial charge is 0.363 e. The summed E-state index contributed by atoms with van der Waals surface area (Å²) in [5.41, 5.74) is 1.97. The molecule has 0 spiro atoms. The van der Waals surface area contributed by atoms with Crippen LogP contribution in [0.25, 0.3) is 0 Å². The molecule has 2 rings (SSSR count). The second kappa shape index (κ2) is 6.16. The summed E-state index contributed by atoms with van der Waals surface area (Å²) in [6, 6.07) is 9.20. The van der Waals surface area contributed by atoms with Crippen LogP contribution in [-0.2, 0) is 0 Å². The molecule has 0 aliphatic rings. The second-order valence-corrected chi connectivity index (χ2v) is 5.04. The molecule has 18 heavy (non-hydrogen) atoms. The fraction of sp³-hybridized carbons (Fsp3) is 0.286. The van der Waals surface area contributed by atoms with Gasteiger partial charge >= 0.3 is 0 Å². The minimum Gasteiger partial charge on any atom is -0.363 e. The molecule has 0 fully saturated rings. The average molecular weight is 311 g/mol. The van der Waals surface area contributed by atoms with Crippen LogP contribution in [0.2, 0.25) is 0 Å². The van der Waals surface area contributed by atoms with Crippen molar-refractivity contribution in [2.75, 3.05) is 6.54 Å². The zero-order valence-electron chi connectivity index (χ0n) is 10.2. The molecule has 1 atom stereocenters. The highest BCUT2D eigenvalue weighted by Gasteiger charge is 2.15. The molecule has 2 aromatic rings. The zero-order chi connectivity index (χ0) is 13.0. The maximum absolute atomic E-state index is 13.6. The van der Waals surface area contributed by atoms with Crippen molar-refractivity contribution in [2.45, 2.75) is 19.4 Å². The van der Waals surface area contributed by atoms with Gasteiger partial charge in [-0.15, -0.1) is 0 Å². The summed E-state index contributed by atoms with van der Waals surface area (Å²) in [7, 11) is 0. The second-order valence-electron chi connectivity index (χ2n) is 4.19. The molecule has 96 valence electrons. The molecule has 0 aliphatic carbocycles. The maximum atomic E-state index is 13.6. The van der Waals surface area contributed by atoms with Gasteiger partial charge in [-0.1, -0.05) is 13.0 Å². The topological polar surface area (TPSA) is 27.8 Å². The number of aromatic nitrogens is 1. The summed E-state index contributed by atoms with van der Waals surface area (Å²) in [5.74, 6) is -0.234. The van der Waals surface area contributed by atoms with E-state index in [9.17, 15) is 4.39 Å². The van der Waals surface area contributed by atoms with Gasteiger partial charge < -0.3 is 10.3 Å². The third-order valence-electron chi connectivity index (χ3n) is 2.81. The van der Waals surface area contributed by atoms with Crippen LogP contribution in [0.4, 0.5) is 4.39 Å². The molecule has 4 heteroatoms. The van der Waals surface area contributed by atoms with Crippen molar-refractivity contribution in [3.63, 3.8) is 0 Å². The highest BCUT2D eigenvalue weighted by Crippen LogP contribution is 2.24. The highest BCUT2D eigenvalue weighted by atomic mass is 79.9. The lowest BCUT2D eigenvalue weighted by Crippen LogP contribution is -2.23. The van der Waals surface area contributed by atoms with E-state index in [1.807, 2.05) is 24.4 Å². The molecule has 1 aromatic heterocycles. The summed E-state index contributed by atoms with van der Waals surface area (Å²) in [6.07, 6.45) is 2.92. The number of aromatic amines is 1. The molecule has 2 nitrogen and oxygen atoms in total. The predicted octanol–water partition coefficient (Wildman–Crippen LogP) is 4.01. The summed E-state index contributed by atoms with van der Waals surface area (Å²) >= 11 is 3.18. The summed E-state index contributed by atoms with van der Waals surface area (Å²) < 4.78 is 14.1. The van der Waals surface area contributed by atoms with Gasteiger partial charge in [0.1, 0.15) is 5.82 Å². The summed E-state index contributed by atoms with van der Waals surface area (Å²) in [5, 5.41) is 3.42. The Kier molecular flexibility index (Phi) is 4.55. The highest BCUT2D eigenvalue weighted by molar-refractivity contribution is 9.10. The number of hydrogen-bond donors (Lipinski definition) is 2. The Morgan fingerprint density at radius 1 is 1.39 bits per heavy atom. The average Bonchev–Trinajstić information content (AvgIpc) is 2.88. The predicted molar refractivity (Wildman–Crippen MR) is 75.0 cm³/mol. The van der Waals surface area contributed by atoms with Crippen molar-refractivity contribution in [1.82, 2.24) is 10.3 Å². The van der Waals surface area contributed by atoms with Crippen molar-refractivity contribution in [3.8, 4) is 0 Å². The first kappa shape index (κ1) is 13.3. The SMILES string of the molecule is CCCNC(c1ccc(Br)c(F)c1)c1ccc[nH]1. The molecule has 0 saturated heterocycles. The number of rotatable bonds is 5. The molecule has 1 aromatic carbocycles. The smallest absolute Gasteiger partial charge is 0.137 e. The molecule has 0 bridgehead atoms. The van der Waals surface area contributed by atoms with Gasteiger partial charge in [-0.05, 0) is 58.7 Å². The Balaban J connectivity index is 2.30. The van der Waals surface area contributed by atoms with E-state index in [0.717, 1.165) is 24.2 Å². The third kappa shape index (κ3) is 3.00. The molecule has 0 saturated carbocycles. The van der Waals surface area contributed by atoms with Crippen LogP contribution in [0.5, 0.6) is 0 Å². The van der Waals surface area contributed by atoms with Gasteiger partial charge in [0.25, 0.3) is 0 Å². The number of halogens is 2. The number of H-pyrrole nitrogens is 1. The lowest BCUT2D eigenvalue weighted by molar-refractivity contribution is 0.576. The van der Waals surface area contributed by atoms with Crippen molar-refractivity contribution < 1.29 is 4.39 Å². The Morgan fingerprint density at radius 2 is 2.22 bits per heavy atom. The van der Waals surface area contributed by atoms with Crippen molar-refractivity contribution >= 4 is 15.9 Å². The quantitative estimate of drug-likeness (QED) is 0.858. The van der Waals surface area contributed by atoms with Crippen LogP contribution in [0.15, 0.2) is 41.0 Å². The Hall–Kier alpha value is -1.13. The molecule has 0 amide bonds. The lowest BCUT2D eigenvalue weighted by atomic mass is 10.0. The van der Waals surface area contributed by atoms with Gasteiger partial charge in [-0.2, -0.15) is 0 Å². The molecule has 1 unspecified atom stereocenters. The van der Waals surface area contributed by atoms with E-state index in [4.69, 9.17) is 0 Å². The molecular weight excluding hydrogens is 295 g/mol. The number of hydrogen-bond acceptors (Lipinski definition) is 1. The van der Waals surface area contributed by atoms with E-state index in [1.165, 1.54) is 0 Å². The first-order chi connectivity index (χ1) is 8.72. The lowest BCUT2D eigenvalue weighted by Gasteiger charge is -2.18. The molecule has 1 heterocycles. The van der Waals surface area contributed by atoms with Gasteiger partial charge in [0.05, 0.1) is 10.5 Å². The summed E-state index contributed by atoms with van der Waals surface area (Å²) in [4.78, 5) is 3.18. The van der Waals surface area contributed by atoms with Gasteiger partial charge in [0, 0.05) is 11.9 Å². The minimum atomic E-state index is -0.234. The number of benzene rings is 1. The van der Waals surface area contributed by atoms with Gasteiger partial charge in [0.15, 0.2) is 0 Å². The fourth-order valence-electron chi connectivity index (χ4n) is 1.91. The monoisotopic (exact) mass is 310 g/mol. The molecular formula is C14H16BrFN2. The van der Waals surface area contributed by atoms with Crippen molar-refractivity contribution in [2.24, 2.45) is 0 Å². The zero-order valence-corrected chi connectivity index (χ0v) is 11.8. The third-order valence-corrected chi connectivity index (χ3v) is 3.45. The Labute approximate surface area is 115 Å². The minimum absolute atomic E-state index is 0.00236. The number of nitrogens with one attached hydrogen (secondary N) is 2. The van der Waals surface area contributed by atoms with Crippen LogP contribution < -0.4 is 5.32 Å². The van der Waals surface area contributed by atoms with E-state index >= 15 is 0 Å². The fourth-order valence-corrected chi connectivity index (χ4v) is 2.16. The van der Waals surface area contributed by atoms with Crippen molar-refractivity contribution in [1.29, 1.82) is 0 Å². The molecule has 0 radical (unpaired) electrons.